The van der Waals surface area contributed by atoms with E-state index in [1.165, 1.54) is 7.11 Å². The second-order valence-corrected chi connectivity index (χ2v) is 8.10. The summed E-state index contributed by atoms with van der Waals surface area (Å²) in [5, 5.41) is 0. The van der Waals surface area contributed by atoms with Gasteiger partial charge in [0.15, 0.2) is 0 Å². The summed E-state index contributed by atoms with van der Waals surface area (Å²) in [4.78, 5) is 11.0. The minimum atomic E-state index is -0.339. The van der Waals surface area contributed by atoms with Crippen LogP contribution in [0.15, 0.2) is 24.3 Å². The molecule has 0 saturated carbocycles. The molecule has 1 aliphatic heterocycles. The maximum atomic E-state index is 11.0. The Bertz CT molecular complexity index is 581. The number of ether oxygens (including phenoxy) is 2. The maximum absolute atomic E-state index is 11.0. The minimum Gasteiger partial charge on any atom is -0.494 e. The van der Waals surface area contributed by atoms with E-state index in [2.05, 4.69) is 32.4 Å². The Morgan fingerprint density at radius 1 is 0.926 bits per heavy atom. The van der Waals surface area contributed by atoms with Crippen LogP contribution in [0.25, 0.3) is 0 Å². The quantitative estimate of drug-likeness (QED) is 0.352. The molecule has 0 aromatic heterocycles. The van der Waals surface area contributed by atoms with Crippen molar-refractivity contribution in [1.82, 2.24) is 0 Å². The van der Waals surface area contributed by atoms with Gasteiger partial charge in [0.05, 0.1) is 24.9 Å². The van der Waals surface area contributed by atoms with Crippen molar-refractivity contribution in [3.8, 4) is 5.75 Å². The molecule has 0 radical (unpaired) electrons. The third kappa shape index (κ3) is 6.25. The van der Waals surface area contributed by atoms with E-state index < -0.39 is 0 Å². The lowest BCUT2D eigenvalue weighted by Gasteiger charge is -2.32. The van der Waals surface area contributed by atoms with Crippen molar-refractivity contribution >= 4 is 18.6 Å². The molecule has 0 spiro atoms. The van der Waals surface area contributed by atoms with Gasteiger partial charge in [-0.2, -0.15) is 0 Å². The number of benzene rings is 1. The fourth-order valence-electron chi connectivity index (χ4n) is 2.89. The van der Waals surface area contributed by atoms with E-state index in [-0.39, 0.29) is 24.3 Å². The highest BCUT2D eigenvalue weighted by Crippen LogP contribution is 2.36. The number of esters is 1. The zero-order chi connectivity index (χ0) is 19.9. The van der Waals surface area contributed by atoms with Gasteiger partial charge < -0.3 is 18.8 Å². The van der Waals surface area contributed by atoms with Crippen LogP contribution in [0.2, 0.25) is 0 Å². The van der Waals surface area contributed by atoms with Gasteiger partial charge in [0.2, 0.25) is 0 Å². The van der Waals surface area contributed by atoms with Gasteiger partial charge in [-0.05, 0) is 58.1 Å². The van der Waals surface area contributed by atoms with E-state index in [1.54, 1.807) is 0 Å². The molecule has 0 N–H and O–H groups in total. The first-order chi connectivity index (χ1) is 12.7. The normalized spacial score (nSPS) is 17.7. The molecule has 27 heavy (non-hydrogen) atoms. The fourth-order valence-corrected chi connectivity index (χ4v) is 2.89. The number of carbonyl (C=O) groups is 1. The Kier molecular flexibility index (Phi) is 7.74. The van der Waals surface area contributed by atoms with Gasteiger partial charge in [-0.25, -0.2) is 0 Å². The van der Waals surface area contributed by atoms with Crippen LogP contribution in [-0.4, -0.2) is 38.0 Å². The van der Waals surface area contributed by atoms with Crippen molar-refractivity contribution in [2.45, 2.75) is 77.4 Å². The lowest BCUT2D eigenvalue weighted by Crippen LogP contribution is -2.41. The number of carbonyl (C=O) groups excluding carboxylic acids is 1. The van der Waals surface area contributed by atoms with E-state index in [9.17, 15) is 4.79 Å². The Hall–Kier alpha value is -1.53. The first kappa shape index (κ1) is 21.8. The average molecular weight is 376 g/mol. The van der Waals surface area contributed by atoms with Crippen LogP contribution in [0.5, 0.6) is 5.75 Å². The smallest absolute Gasteiger partial charge is 0.494 e. The summed E-state index contributed by atoms with van der Waals surface area (Å²) in [7, 11) is 1.09. The predicted molar refractivity (Wildman–Crippen MR) is 107 cm³/mol. The first-order valence-electron chi connectivity index (χ1n) is 9.90. The molecular weight excluding hydrogens is 343 g/mol. The van der Waals surface area contributed by atoms with Gasteiger partial charge in [0.25, 0.3) is 0 Å². The number of methoxy groups -OCH3 is 1. The molecule has 6 heteroatoms. The van der Waals surface area contributed by atoms with Crippen LogP contribution in [-0.2, 0) is 18.8 Å². The van der Waals surface area contributed by atoms with Gasteiger partial charge in [-0.1, -0.05) is 31.4 Å². The molecule has 1 heterocycles. The van der Waals surface area contributed by atoms with Crippen LogP contribution in [0.1, 0.15) is 66.2 Å². The van der Waals surface area contributed by atoms with Crippen molar-refractivity contribution in [3.63, 3.8) is 0 Å². The molecule has 0 amide bonds. The van der Waals surface area contributed by atoms with Crippen LogP contribution in [0, 0.1) is 0 Å². The van der Waals surface area contributed by atoms with E-state index in [4.69, 9.17) is 14.0 Å². The number of hydrogen-bond acceptors (Lipinski definition) is 5. The van der Waals surface area contributed by atoms with Gasteiger partial charge in [0.1, 0.15) is 5.75 Å². The Morgan fingerprint density at radius 3 is 2.07 bits per heavy atom. The molecule has 1 aromatic rings. The molecule has 0 bridgehead atoms. The average Bonchev–Trinajstić information content (AvgIpc) is 2.85. The van der Waals surface area contributed by atoms with Gasteiger partial charge >= 0.3 is 13.1 Å². The summed E-state index contributed by atoms with van der Waals surface area (Å²) in [6, 6.07) is 7.95. The monoisotopic (exact) mass is 376 g/mol. The van der Waals surface area contributed by atoms with Crippen molar-refractivity contribution < 1.29 is 23.6 Å². The molecule has 0 unspecified atom stereocenters. The summed E-state index contributed by atoms with van der Waals surface area (Å²) in [5.74, 6) is 0.739. The molecule has 150 valence electrons. The number of unbranched alkanes of at least 4 members (excludes halogenated alkanes) is 4. The molecule has 1 fully saturated rings. The Labute approximate surface area is 163 Å². The molecule has 5 nitrogen and oxygen atoms in total. The SMILES string of the molecule is COC(=O)CCCCCCCOc1ccc(B2OC(C)(C)C(C)(C)O2)cc1. The van der Waals surface area contributed by atoms with Crippen molar-refractivity contribution in [3.05, 3.63) is 24.3 Å². The predicted octanol–water partition coefficient (Wildman–Crippen LogP) is 3.88. The minimum absolute atomic E-state index is 0.123. The summed E-state index contributed by atoms with van der Waals surface area (Å²) in [6.07, 6.45) is 5.69. The molecule has 1 saturated heterocycles. The van der Waals surface area contributed by atoms with Gasteiger partial charge in [-0.3, -0.25) is 4.79 Å². The van der Waals surface area contributed by atoms with Crippen LogP contribution in [0.3, 0.4) is 0 Å². The third-order valence-corrected chi connectivity index (χ3v) is 5.43. The molecule has 2 rings (SSSR count). The van der Waals surface area contributed by atoms with Crippen molar-refractivity contribution in [2.75, 3.05) is 13.7 Å². The van der Waals surface area contributed by atoms with E-state index in [0.29, 0.717) is 13.0 Å². The topological polar surface area (TPSA) is 54.0 Å². The highest BCUT2D eigenvalue weighted by atomic mass is 16.7. The van der Waals surface area contributed by atoms with Crippen molar-refractivity contribution in [1.29, 1.82) is 0 Å². The molecule has 1 aliphatic rings. The summed E-state index contributed by atoms with van der Waals surface area (Å²) >= 11 is 0. The summed E-state index contributed by atoms with van der Waals surface area (Å²) in [5.41, 5.74) is 0.347. The molecule has 0 aliphatic carbocycles. The van der Waals surface area contributed by atoms with E-state index in [0.717, 1.165) is 43.3 Å². The standard InChI is InChI=1S/C21H33BO5/c1-20(2)21(3,4)27-22(26-20)17-12-14-18(15-13-17)25-16-10-8-6-7-9-11-19(23)24-5/h12-15H,6-11,16H2,1-5H3. The first-order valence-corrected chi connectivity index (χ1v) is 9.90. The second kappa shape index (κ2) is 9.60. The van der Waals surface area contributed by atoms with Gasteiger partial charge in [0, 0.05) is 6.42 Å². The number of rotatable bonds is 10. The Morgan fingerprint density at radius 2 is 1.48 bits per heavy atom. The zero-order valence-corrected chi connectivity index (χ0v) is 17.4. The second-order valence-electron chi connectivity index (χ2n) is 8.10. The number of hydrogen-bond donors (Lipinski definition) is 0. The van der Waals surface area contributed by atoms with Crippen LogP contribution in [0.4, 0.5) is 0 Å². The van der Waals surface area contributed by atoms with Crippen LogP contribution < -0.4 is 10.2 Å². The zero-order valence-electron chi connectivity index (χ0n) is 17.4. The van der Waals surface area contributed by atoms with E-state index >= 15 is 0 Å². The van der Waals surface area contributed by atoms with Gasteiger partial charge in [-0.15, -0.1) is 0 Å². The highest BCUT2D eigenvalue weighted by Gasteiger charge is 2.51. The van der Waals surface area contributed by atoms with E-state index in [1.807, 2.05) is 24.3 Å². The largest absolute Gasteiger partial charge is 0.494 e. The summed E-state index contributed by atoms with van der Waals surface area (Å²) < 4.78 is 22.6. The van der Waals surface area contributed by atoms with Crippen LogP contribution >= 0.6 is 0 Å². The molecular formula is C21H33BO5. The fraction of sp³-hybridized carbons (Fsp3) is 0.667. The maximum Gasteiger partial charge on any atom is 0.494 e. The van der Waals surface area contributed by atoms with Crippen molar-refractivity contribution in [2.24, 2.45) is 0 Å². The molecule has 0 atom stereocenters. The lowest BCUT2D eigenvalue weighted by molar-refractivity contribution is -0.140. The third-order valence-electron chi connectivity index (χ3n) is 5.43. The summed E-state index contributed by atoms with van der Waals surface area (Å²) in [6.45, 7) is 8.92. The molecule has 1 aromatic carbocycles. The lowest BCUT2D eigenvalue weighted by atomic mass is 9.79. The Balaban J connectivity index is 1.65. The highest BCUT2D eigenvalue weighted by molar-refractivity contribution is 6.62.